The SMILES string of the molecule is CCNC(=NCCCc1cn[nH]c1C)N1CCN(c2cccc(C)c2C)CC1. The molecule has 2 heterocycles. The van der Waals surface area contributed by atoms with Crippen LogP contribution in [0.3, 0.4) is 0 Å². The number of anilines is 1. The number of aromatic amines is 1. The van der Waals surface area contributed by atoms with Crippen LogP contribution in [0.15, 0.2) is 29.4 Å². The molecule has 152 valence electrons. The zero-order valence-electron chi connectivity index (χ0n) is 17.8. The van der Waals surface area contributed by atoms with Crippen LogP contribution < -0.4 is 10.2 Å². The number of nitrogens with zero attached hydrogens (tertiary/aromatic N) is 4. The average molecular weight is 383 g/mol. The van der Waals surface area contributed by atoms with E-state index < -0.39 is 0 Å². The number of aryl methyl sites for hydroxylation is 3. The lowest BCUT2D eigenvalue weighted by Crippen LogP contribution is -2.52. The van der Waals surface area contributed by atoms with Gasteiger partial charge >= 0.3 is 0 Å². The van der Waals surface area contributed by atoms with Crippen molar-refractivity contribution in [3.05, 3.63) is 46.8 Å². The van der Waals surface area contributed by atoms with E-state index >= 15 is 0 Å². The van der Waals surface area contributed by atoms with Gasteiger partial charge in [0.15, 0.2) is 5.96 Å². The van der Waals surface area contributed by atoms with Crippen molar-refractivity contribution >= 4 is 11.6 Å². The number of rotatable bonds is 6. The highest BCUT2D eigenvalue weighted by Crippen LogP contribution is 2.23. The number of benzene rings is 1. The summed E-state index contributed by atoms with van der Waals surface area (Å²) in [7, 11) is 0. The second-order valence-corrected chi connectivity index (χ2v) is 7.55. The zero-order valence-corrected chi connectivity index (χ0v) is 17.8. The number of aromatic nitrogens is 2. The van der Waals surface area contributed by atoms with Crippen molar-refractivity contribution in [1.29, 1.82) is 0 Å². The van der Waals surface area contributed by atoms with E-state index in [1.165, 1.54) is 28.1 Å². The van der Waals surface area contributed by atoms with Gasteiger partial charge in [-0.25, -0.2) is 0 Å². The molecule has 0 saturated carbocycles. The van der Waals surface area contributed by atoms with Gasteiger partial charge in [0.25, 0.3) is 0 Å². The first-order valence-corrected chi connectivity index (χ1v) is 10.4. The summed E-state index contributed by atoms with van der Waals surface area (Å²) in [5, 5.41) is 10.6. The molecule has 1 aliphatic rings. The van der Waals surface area contributed by atoms with Crippen LogP contribution in [-0.2, 0) is 6.42 Å². The third-order valence-corrected chi connectivity index (χ3v) is 5.63. The maximum atomic E-state index is 4.88. The quantitative estimate of drug-likeness (QED) is 0.458. The van der Waals surface area contributed by atoms with Crippen LogP contribution in [0.2, 0.25) is 0 Å². The van der Waals surface area contributed by atoms with E-state index in [0.29, 0.717) is 0 Å². The Morgan fingerprint density at radius 2 is 1.96 bits per heavy atom. The number of nitrogens with one attached hydrogen (secondary N) is 2. The highest BCUT2D eigenvalue weighted by Gasteiger charge is 2.21. The maximum absolute atomic E-state index is 4.88. The summed E-state index contributed by atoms with van der Waals surface area (Å²) >= 11 is 0. The Morgan fingerprint density at radius 1 is 1.18 bits per heavy atom. The van der Waals surface area contributed by atoms with Crippen LogP contribution in [0, 0.1) is 20.8 Å². The first kappa shape index (κ1) is 20.2. The average Bonchev–Trinajstić information content (AvgIpc) is 3.11. The minimum absolute atomic E-state index is 0.837. The van der Waals surface area contributed by atoms with Crippen molar-refractivity contribution in [3.63, 3.8) is 0 Å². The Labute approximate surface area is 169 Å². The monoisotopic (exact) mass is 382 g/mol. The minimum atomic E-state index is 0.837. The summed E-state index contributed by atoms with van der Waals surface area (Å²) < 4.78 is 0. The van der Waals surface area contributed by atoms with E-state index in [4.69, 9.17) is 4.99 Å². The van der Waals surface area contributed by atoms with Gasteiger partial charge in [0, 0.05) is 50.6 Å². The number of H-pyrrole nitrogens is 1. The number of hydrogen-bond donors (Lipinski definition) is 2. The van der Waals surface area contributed by atoms with E-state index in [2.05, 4.69) is 71.2 Å². The molecule has 0 spiro atoms. The van der Waals surface area contributed by atoms with E-state index in [1.54, 1.807) is 0 Å². The summed E-state index contributed by atoms with van der Waals surface area (Å²) in [6.45, 7) is 14.4. The van der Waals surface area contributed by atoms with E-state index in [1.807, 2.05) is 6.20 Å². The van der Waals surface area contributed by atoms with Crippen LogP contribution >= 0.6 is 0 Å². The standard InChI is InChI=1S/C22H34N6/c1-5-23-22(24-11-7-9-20-16-25-26-19(20)4)28-14-12-27(13-15-28)21-10-6-8-17(2)18(21)3/h6,8,10,16H,5,7,9,11-15H2,1-4H3,(H,23,24)(H,25,26). The lowest BCUT2D eigenvalue weighted by molar-refractivity contribution is 0.372. The molecule has 1 aromatic heterocycles. The van der Waals surface area contributed by atoms with Gasteiger partial charge in [-0.15, -0.1) is 0 Å². The van der Waals surface area contributed by atoms with Crippen molar-refractivity contribution in [2.45, 2.75) is 40.5 Å². The first-order chi connectivity index (χ1) is 13.6. The molecule has 0 atom stereocenters. The fourth-order valence-corrected chi connectivity index (χ4v) is 3.75. The summed E-state index contributed by atoms with van der Waals surface area (Å²) in [6.07, 6.45) is 3.99. The molecule has 6 nitrogen and oxygen atoms in total. The molecule has 1 aromatic carbocycles. The lowest BCUT2D eigenvalue weighted by atomic mass is 10.1. The molecule has 0 unspecified atom stereocenters. The van der Waals surface area contributed by atoms with Gasteiger partial charge in [-0.1, -0.05) is 12.1 Å². The van der Waals surface area contributed by atoms with Gasteiger partial charge in [0.1, 0.15) is 0 Å². The highest BCUT2D eigenvalue weighted by molar-refractivity contribution is 5.80. The normalized spacial score (nSPS) is 15.2. The van der Waals surface area contributed by atoms with Crippen LogP contribution in [0.1, 0.15) is 35.7 Å². The molecule has 0 bridgehead atoms. The topological polar surface area (TPSA) is 59.6 Å². The predicted molar refractivity (Wildman–Crippen MR) is 117 cm³/mol. The van der Waals surface area contributed by atoms with Gasteiger partial charge in [-0.2, -0.15) is 5.10 Å². The van der Waals surface area contributed by atoms with Crippen LogP contribution in [0.5, 0.6) is 0 Å². The molecule has 0 radical (unpaired) electrons. The van der Waals surface area contributed by atoms with Gasteiger partial charge in [0.05, 0.1) is 6.20 Å². The van der Waals surface area contributed by atoms with E-state index in [-0.39, 0.29) is 0 Å². The Kier molecular flexibility index (Phi) is 6.95. The Morgan fingerprint density at radius 3 is 2.64 bits per heavy atom. The molecule has 1 fully saturated rings. The Balaban J connectivity index is 1.55. The summed E-state index contributed by atoms with van der Waals surface area (Å²) in [5.41, 5.74) is 6.59. The molecule has 2 aromatic rings. The summed E-state index contributed by atoms with van der Waals surface area (Å²) in [4.78, 5) is 9.78. The van der Waals surface area contributed by atoms with Gasteiger partial charge in [-0.05, 0) is 63.3 Å². The molecular weight excluding hydrogens is 348 g/mol. The van der Waals surface area contributed by atoms with Crippen LogP contribution in [0.4, 0.5) is 5.69 Å². The number of guanidine groups is 1. The molecule has 2 N–H and O–H groups in total. The molecular formula is C22H34N6. The Hall–Kier alpha value is -2.50. The van der Waals surface area contributed by atoms with E-state index in [0.717, 1.165) is 58.1 Å². The second-order valence-electron chi connectivity index (χ2n) is 7.55. The Bertz CT molecular complexity index is 786. The highest BCUT2D eigenvalue weighted by atomic mass is 15.3. The molecule has 28 heavy (non-hydrogen) atoms. The smallest absolute Gasteiger partial charge is 0.194 e. The second kappa shape index (κ2) is 9.62. The van der Waals surface area contributed by atoms with Gasteiger partial charge in [-0.3, -0.25) is 10.1 Å². The maximum Gasteiger partial charge on any atom is 0.194 e. The molecule has 0 aliphatic carbocycles. The molecule has 0 amide bonds. The fraction of sp³-hybridized carbons (Fsp3) is 0.545. The number of aliphatic imine (C=N–C) groups is 1. The lowest BCUT2D eigenvalue weighted by Gasteiger charge is -2.38. The largest absolute Gasteiger partial charge is 0.368 e. The third kappa shape index (κ3) is 4.86. The van der Waals surface area contributed by atoms with Gasteiger partial charge in [0.2, 0.25) is 0 Å². The molecule has 3 rings (SSSR count). The number of piperazine rings is 1. The molecule has 1 saturated heterocycles. The molecule has 6 heteroatoms. The third-order valence-electron chi connectivity index (χ3n) is 5.63. The van der Waals surface area contributed by atoms with Crippen molar-refractivity contribution in [3.8, 4) is 0 Å². The van der Waals surface area contributed by atoms with Gasteiger partial charge < -0.3 is 15.1 Å². The fourth-order valence-electron chi connectivity index (χ4n) is 3.75. The number of hydrogen-bond acceptors (Lipinski definition) is 3. The predicted octanol–water partition coefficient (Wildman–Crippen LogP) is 3.06. The first-order valence-electron chi connectivity index (χ1n) is 10.4. The van der Waals surface area contributed by atoms with Crippen molar-refractivity contribution < 1.29 is 0 Å². The molecule has 1 aliphatic heterocycles. The van der Waals surface area contributed by atoms with E-state index in [9.17, 15) is 0 Å². The summed E-state index contributed by atoms with van der Waals surface area (Å²) in [5.74, 6) is 1.05. The minimum Gasteiger partial charge on any atom is -0.368 e. The van der Waals surface area contributed by atoms with Crippen molar-refractivity contribution in [2.24, 2.45) is 4.99 Å². The van der Waals surface area contributed by atoms with Crippen LogP contribution in [-0.4, -0.2) is 60.3 Å². The summed E-state index contributed by atoms with van der Waals surface area (Å²) in [6, 6.07) is 6.60. The zero-order chi connectivity index (χ0) is 19.9. The van der Waals surface area contributed by atoms with Crippen molar-refractivity contribution in [2.75, 3.05) is 44.2 Å². The van der Waals surface area contributed by atoms with Crippen LogP contribution in [0.25, 0.3) is 0 Å². The van der Waals surface area contributed by atoms with Crippen molar-refractivity contribution in [1.82, 2.24) is 20.4 Å².